The van der Waals surface area contributed by atoms with Gasteiger partial charge in [0.25, 0.3) is 5.91 Å². The molecule has 1 N–H and O–H groups in total. The van der Waals surface area contributed by atoms with Gasteiger partial charge in [0, 0.05) is 31.1 Å². The normalized spacial score (nSPS) is 19.0. The van der Waals surface area contributed by atoms with Crippen molar-refractivity contribution in [3.8, 4) is 5.75 Å². The maximum atomic E-state index is 13.1. The smallest absolute Gasteiger partial charge is 0.255 e. The number of carbonyl (C=O) groups excluding carboxylic acids is 1. The number of rotatable bonds is 6. The van der Waals surface area contributed by atoms with Gasteiger partial charge in [0.05, 0.1) is 17.8 Å². The molecule has 5 nitrogen and oxygen atoms in total. The minimum atomic E-state index is -0.0426. The SMILES string of the molecule is CSc1cc(C(=O)NCC2CCCN2Cc2ccccc2)c2c(c1)N(C)CCO2. The first kappa shape index (κ1) is 20.1. The number of carbonyl (C=O) groups is 1. The number of ether oxygens (including phenoxy) is 1. The van der Waals surface area contributed by atoms with Gasteiger partial charge in [-0.05, 0) is 43.3 Å². The Kier molecular flexibility index (Phi) is 6.31. The highest BCUT2D eigenvalue weighted by atomic mass is 32.2. The van der Waals surface area contributed by atoms with E-state index in [1.165, 1.54) is 12.0 Å². The Balaban J connectivity index is 1.45. The summed E-state index contributed by atoms with van der Waals surface area (Å²) in [5, 5.41) is 3.18. The quantitative estimate of drug-likeness (QED) is 0.736. The fraction of sp³-hybridized carbons (Fsp3) is 0.435. The average molecular weight is 412 g/mol. The van der Waals surface area contributed by atoms with Gasteiger partial charge in [-0.2, -0.15) is 0 Å². The van der Waals surface area contributed by atoms with Crippen molar-refractivity contribution in [3.63, 3.8) is 0 Å². The zero-order valence-corrected chi connectivity index (χ0v) is 18.0. The van der Waals surface area contributed by atoms with Crippen molar-refractivity contribution < 1.29 is 9.53 Å². The number of amides is 1. The number of fused-ring (bicyclic) bond motifs is 1. The van der Waals surface area contributed by atoms with Gasteiger partial charge in [-0.25, -0.2) is 0 Å². The van der Waals surface area contributed by atoms with Crippen molar-refractivity contribution in [3.05, 3.63) is 53.6 Å². The van der Waals surface area contributed by atoms with E-state index in [1.54, 1.807) is 11.8 Å². The molecule has 2 heterocycles. The molecule has 1 fully saturated rings. The molecule has 0 saturated carbocycles. The van der Waals surface area contributed by atoms with Gasteiger partial charge in [0.2, 0.25) is 0 Å². The molecule has 1 amide bonds. The topological polar surface area (TPSA) is 44.8 Å². The van der Waals surface area contributed by atoms with E-state index < -0.39 is 0 Å². The first-order chi connectivity index (χ1) is 14.2. The van der Waals surface area contributed by atoms with Gasteiger partial charge < -0.3 is 15.0 Å². The number of hydrogen-bond donors (Lipinski definition) is 1. The standard InChI is InChI=1S/C23H29N3O2S/c1-25-11-12-28-22-20(13-19(29-2)14-21(22)25)23(27)24-15-18-9-6-10-26(18)16-17-7-4-3-5-8-17/h3-5,7-8,13-14,18H,6,9-12,15-16H2,1-2H3,(H,24,27). The Bertz CT molecular complexity index is 859. The van der Waals surface area contributed by atoms with Crippen LogP contribution in [0, 0.1) is 0 Å². The predicted octanol–water partition coefficient (Wildman–Crippen LogP) is 3.63. The summed E-state index contributed by atoms with van der Waals surface area (Å²) >= 11 is 1.65. The van der Waals surface area contributed by atoms with Gasteiger partial charge in [0.1, 0.15) is 6.61 Å². The molecule has 2 aliphatic rings. The number of nitrogens with zero attached hydrogens (tertiary/aromatic N) is 2. The van der Waals surface area contributed by atoms with Gasteiger partial charge in [-0.3, -0.25) is 9.69 Å². The zero-order chi connectivity index (χ0) is 20.2. The Morgan fingerprint density at radius 1 is 1.24 bits per heavy atom. The molecule has 1 atom stereocenters. The number of benzene rings is 2. The lowest BCUT2D eigenvalue weighted by Crippen LogP contribution is -2.40. The Morgan fingerprint density at radius 2 is 2.07 bits per heavy atom. The second-order valence-electron chi connectivity index (χ2n) is 7.76. The van der Waals surface area contributed by atoms with E-state index in [0.29, 0.717) is 30.5 Å². The summed E-state index contributed by atoms with van der Waals surface area (Å²) in [4.78, 5) is 18.8. The highest BCUT2D eigenvalue weighted by Gasteiger charge is 2.27. The van der Waals surface area contributed by atoms with Crippen molar-refractivity contribution in [2.45, 2.75) is 30.3 Å². The van der Waals surface area contributed by atoms with E-state index in [2.05, 4.69) is 45.4 Å². The van der Waals surface area contributed by atoms with E-state index in [-0.39, 0.29) is 5.91 Å². The number of likely N-dealkylation sites (tertiary alicyclic amines) is 1. The molecule has 2 aliphatic heterocycles. The molecule has 0 radical (unpaired) electrons. The number of hydrogen-bond acceptors (Lipinski definition) is 5. The van der Waals surface area contributed by atoms with Crippen LogP contribution in [-0.4, -0.2) is 56.4 Å². The third-order valence-corrected chi connectivity index (χ3v) is 6.54. The van der Waals surface area contributed by atoms with Crippen LogP contribution >= 0.6 is 11.8 Å². The number of anilines is 1. The lowest BCUT2D eigenvalue weighted by Gasteiger charge is -2.30. The highest BCUT2D eigenvalue weighted by molar-refractivity contribution is 7.98. The maximum Gasteiger partial charge on any atom is 0.255 e. The highest BCUT2D eigenvalue weighted by Crippen LogP contribution is 2.38. The van der Waals surface area contributed by atoms with Crippen LogP contribution in [0.3, 0.4) is 0 Å². The van der Waals surface area contributed by atoms with Crippen LogP contribution in [0.4, 0.5) is 5.69 Å². The Hall–Kier alpha value is -2.18. The van der Waals surface area contributed by atoms with Crippen molar-refractivity contribution in [2.75, 3.05) is 44.4 Å². The third kappa shape index (κ3) is 4.54. The number of likely N-dealkylation sites (N-methyl/N-ethyl adjacent to an activating group) is 1. The molecule has 0 aliphatic carbocycles. The van der Waals surface area contributed by atoms with Crippen molar-refractivity contribution in [2.24, 2.45) is 0 Å². The molecule has 1 unspecified atom stereocenters. The monoisotopic (exact) mass is 411 g/mol. The van der Waals surface area contributed by atoms with Crippen LogP contribution in [0.1, 0.15) is 28.8 Å². The van der Waals surface area contributed by atoms with Crippen LogP contribution in [0.15, 0.2) is 47.4 Å². The number of nitrogens with one attached hydrogen (secondary N) is 1. The third-order valence-electron chi connectivity index (χ3n) is 5.83. The average Bonchev–Trinajstić information content (AvgIpc) is 3.19. The molecule has 4 rings (SSSR count). The van der Waals surface area contributed by atoms with Gasteiger partial charge in [-0.15, -0.1) is 11.8 Å². The summed E-state index contributed by atoms with van der Waals surface area (Å²) in [5.74, 6) is 0.667. The Morgan fingerprint density at radius 3 is 2.86 bits per heavy atom. The van der Waals surface area contributed by atoms with Crippen LogP contribution < -0.4 is 15.0 Å². The molecule has 0 bridgehead atoms. The fourth-order valence-corrected chi connectivity index (χ4v) is 4.64. The summed E-state index contributed by atoms with van der Waals surface area (Å²) < 4.78 is 5.90. The van der Waals surface area contributed by atoms with Crippen LogP contribution in [-0.2, 0) is 6.54 Å². The van der Waals surface area contributed by atoms with Gasteiger partial charge >= 0.3 is 0 Å². The lowest BCUT2D eigenvalue weighted by atomic mass is 10.1. The van der Waals surface area contributed by atoms with Crippen LogP contribution in [0.25, 0.3) is 0 Å². The Labute approximate surface area is 177 Å². The molecule has 154 valence electrons. The van der Waals surface area contributed by atoms with Crippen LogP contribution in [0.2, 0.25) is 0 Å². The summed E-state index contributed by atoms with van der Waals surface area (Å²) in [7, 11) is 2.05. The molecule has 1 saturated heterocycles. The van der Waals surface area contributed by atoms with Crippen molar-refractivity contribution >= 4 is 23.4 Å². The van der Waals surface area contributed by atoms with Gasteiger partial charge in [-0.1, -0.05) is 30.3 Å². The molecule has 2 aromatic carbocycles. The van der Waals surface area contributed by atoms with E-state index in [9.17, 15) is 4.79 Å². The number of thioether (sulfide) groups is 1. The van der Waals surface area contributed by atoms with E-state index in [4.69, 9.17) is 4.74 Å². The first-order valence-electron chi connectivity index (χ1n) is 10.3. The van der Waals surface area contributed by atoms with Crippen molar-refractivity contribution in [1.82, 2.24) is 10.2 Å². The second-order valence-corrected chi connectivity index (χ2v) is 8.64. The summed E-state index contributed by atoms with van der Waals surface area (Å²) in [6, 6.07) is 15.0. The summed E-state index contributed by atoms with van der Waals surface area (Å²) in [5.41, 5.74) is 2.97. The second kappa shape index (κ2) is 9.09. The minimum Gasteiger partial charge on any atom is -0.489 e. The van der Waals surface area contributed by atoms with Crippen molar-refractivity contribution in [1.29, 1.82) is 0 Å². The molecule has 2 aromatic rings. The largest absolute Gasteiger partial charge is 0.489 e. The minimum absolute atomic E-state index is 0.0426. The molecule has 0 aromatic heterocycles. The van der Waals surface area contributed by atoms with E-state index in [0.717, 1.165) is 36.6 Å². The zero-order valence-electron chi connectivity index (χ0n) is 17.2. The molecule has 0 spiro atoms. The predicted molar refractivity (Wildman–Crippen MR) is 119 cm³/mol. The summed E-state index contributed by atoms with van der Waals surface area (Å²) in [6.45, 7) is 4.13. The van der Waals surface area contributed by atoms with Gasteiger partial charge in [0.15, 0.2) is 5.75 Å². The van der Waals surface area contributed by atoms with Crippen LogP contribution in [0.5, 0.6) is 5.75 Å². The molecule has 29 heavy (non-hydrogen) atoms. The first-order valence-corrected chi connectivity index (χ1v) is 11.5. The van der Waals surface area contributed by atoms with E-state index >= 15 is 0 Å². The fourth-order valence-electron chi connectivity index (χ4n) is 4.17. The molecular formula is C23H29N3O2S. The maximum absolute atomic E-state index is 13.1. The molecular weight excluding hydrogens is 382 g/mol. The van der Waals surface area contributed by atoms with E-state index in [1.807, 2.05) is 25.4 Å². The summed E-state index contributed by atoms with van der Waals surface area (Å²) in [6.07, 6.45) is 4.33. The lowest BCUT2D eigenvalue weighted by molar-refractivity contribution is 0.0935. The molecule has 6 heteroatoms.